The zero-order chi connectivity index (χ0) is 22.0. The molecule has 0 aliphatic carbocycles. The molecule has 4 rings (SSSR count). The summed E-state index contributed by atoms with van der Waals surface area (Å²) in [5, 5.41) is 10.4. The molecule has 1 saturated heterocycles. The molecule has 0 bridgehead atoms. The van der Waals surface area contributed by atoms with Crippen molar-refractivity contribution in [1.82, 2.24) is 24.5 Å². The summed E-state index contributed by atoms with van der Waals surface area (Å²) in [7, 11) is -1.09. The Labute approximate surface area is 185 Å². The Morgan fingerprint density at radius 3 is 2.84 bits per heavy atom. The molecule has 1 atom stereocenters. The van der Waals surface area contributed by atoms with E-state index >= 15 is 0 Å². The normalized spacial score (nSPS) is 17.6. The highest BCUT2D eigenvalue weighted by molar-refractivity contribution is 6.76. The summed E-state index contributed by atoms with van der Waals surface area (Å²) in [6.07, 6.45) is 4.76. The van der Waals surface area contributed by atoms with Crippen molar-refractivity contribution in [3.8, 4) is 5.82 Å². The summed E-state index contributed by atoms with van der Waals surface area (Å²) in [4.78, 5) is 7.32. The van der Waals surface area contributed by atoms with Crippen molar-refractivity contribution in [2.24, 2.45) is 0 Å². The maximum atomic E-state index is 5.83. The third-order valence-electron chi connectivity index (χ3n) is 5.72. The van der Waals surface area contributed by atoms with Crippen LogP contribution in [0.4, 0.5) is 5.82 Å². The number of hydrogen-bond acceptors (Lipinski definition) is 6. The third-order valence-corrected chi connectivity index (χ3v) is 7.42. The predicted molar refractivity (Wildman–Crippen MR) is 126 cm³/mol. The standard InChI is InChI=1S/C22H34N6O2Si/c1-6-18-13-21(27-9-10-29-15-17(27)2)24-22-19(18)14-23-28(22)20-7-8-26(25-20)16-30-11-12-31(3,4)5/h7-8,13-14,17H,6,9-12,15-16H2,1-5H3. The molecule has 8 nitrogen and oxygen atoms in total. The Balaban J connectivity index is 1.58. The van der Waals surface area contributed by atoms with Gasteiger partial charge >= 0.3 is 0 Å². The van der Waals surface area contributed by atoms with Gasteiger partial charge in [0, 0.05) is 38.9 Å². The Morgan fingerprint density at radius 1 is 1.26 bits per heavy atom. The van der Waals surface area contributed by atoms with Crippen molar-refractivity contribution in [2.75, 3.05) is 31.3 Å². The molecule has 0 amide bonds. The maximum absolute atomic E-state index is 5.83. The van der Waals surface area contributed by atoms with E-state index in [0.29, 0.717) is 12.8 Å². The number of morpholine rings is 1. The largest absolute Gasteiger partial charge is 0.377 e. The first kappa shape index (κ1) is 22.0. The van der Waals surface area contributed by atoms with E-state index in [1.165, 1.54) is 5.56 Å². The van der Waals surface area contributed by atoms with Crippen LogP contribution in [0.1, 0.15) is 19.4 Å². The monoisotopic (exact) mass is 442 g/mol. The minimum atomic E-state index is -1.09. The zero-order valence-electron chi connectivity index (χ0n) is 19.3. The number of ether oxygens (including phenoxy) is 2. The molecule has 3 aromatic rings. The molecule has 0 spiro atoms. The maximum Gasteiger partial charge on any atom is 0.177 e. The fourth-order valence-electron chi connectivity index (χ4n) is 3.80. The van der Waals surface area contributed by atoms with Crippen molar-refractivity contribution in [2.45, 2.75) is 58.7 Å². The summed E-state index contributed by atoms with van der Waals surface area (Å²) in [5.41, 5.74) is 2.09. The first-order valence-electron chi connectivity index (χ1n) is 11.2. The van der Waals surface area contributed by atoms with Crippen LogP contribution in [-0.2, 0) is 22.6 Å². The molecule has 0 aromatic carbocycles. The van der Waals surface area contributed by atoms with Crippen LogP contribution < -0.4 is 4.90 Å². The van der Waals surface area contributed by atoms with Gasteiger partial charge < -0.3 is 14.4 Å². The SMILES string of the molecule is CCc1cc(N2CCOCC2C)nc2c1cnn2-c1ccn(COCC[Si](C)(C)C)n1. The summed E-state index contributed by atoms with van der Waals surface area (Å²) >= 11 is 0. The van der Waals surface area contributed by atoms with Crippen LogP contribution in [0.2, 0.25) is 25.7 Å². The number of nitrogens with zero attached hydrogens (tertiary/aromatic N) is 6. The van der Waals surface area contributed by atoms with Gasteiger partial charge in [-0.25, -0.2) is 9.67 Å². The molecule has 1 aliphatic heterocycles. The molecule has 4 heterocycles. The topological polar surface area (TPSA) is 70.2 Å². The second kappa shape index (κ2) is 9.10. The number of anilines is 1. The highest BCUT2D eigenvalue weighted by Gasteiger charge is 2.22. The van der Waals surface area contributed by atoms with E-state index in [4.69, 9.17) is 14.5 Å². The van der Waals surface area contributed by atoms with Gasteiger partial charge in [-0.15, -0.1) is 0 Å². The van der Waals surface area contributed by atoms with Crippen LogP contribution in [0.15, 0.2) is 24.5 Å². The zero-order valence-corrected chi connectivity index (χ0v) is 20.3. The minimum absolute atomic E-state index is 0.298. The van der Waals surface area contributed by atoms with Crippen LogP contribution in [0, 0.1) is 0 Å². The summed E-state index contributed by atoms with van der Waals surface area (Å²) in [6, 6.07) is 5.61. The van der Waals surface area contributed by atoms with E-state index < -0.39 is 8.07 Å². The molecule has 1 aliphatic rings. The average Bonchev–Trinajstić information content (AvgIpc) is 3.37. The van der Waals surface area contributed by atoms with Crippen molar-refractivity contribution < 1.29 is 9.47 Å². The molecule has 0 radical (unpaired) electrons. The van der Waals surface area contributed by atoms with Crippen LogP contribution in [-0.4, -0.2) is 65.0 Å². The van der Waals surface area contributed by atoms with Gasteiger partial charge in [0.05, 0.1) is 25.5 Å². The van der Waals surface area contributed by atoms with Gasteiger partial charge in [0.15, 0.2) is 11.5 Å². The van der Waals surface area contributed by atoms with E-state index in [0.717, 1.165) is 61.5 Å². The van der Waals surface area contributed by atoms with E-state index in [-0.39, 0.29) is 0 Å². The Kier molecular flexibility index (Phi) is 6.45. The van der Waals surface area contributed by atoms with Crippen molar-refractivity contribution >= 4 is 24.9 Å². The van der Waals surface area contributed by atoms with E-state index in [9.17, 15) is 0 Å². The van der Waals surface area contributed by atoms with E-state index in [2.05, 4.69) is 54.7 Å². The molecule has 1 fully saturated rings. The highest BCUT2D eigenvalue weighted by Crippen LogP contribution is 2.27. The molecule has 0 saturated carbocycles. The van der Waals surface area contributed by atoms with E-state index in [1.54, 1.807) is 0 Å². The van der Waals surface area contributed by atoms with Crippen LogP contribution >= 0.6 is 0 Å². The molecule has 168 valence electrons. The van der Waals surface area contributed by atoms with Gasteiger partial charge in [-0.2, -0.15) is 14.9 Å². The predicted octanol–water partition coefficient (Wildman–Crippen LogP) is 3.72. The lowest BCUT2D eigenvalue weighted by Gasteiger charge is -2.34. The quantitative estimate of drug-likeness (QED) is 0.391. The minimum Gasteiger partial charge on any atom is -0.377 e. The smallest absolute Gasteiger partial charge is 0.177 e. The fourth-order valence-corrected chi connectivity index (χ4v) is 4.55. The molecule has 31 heavy (non-hydrogen) atoms. The number of pyridine rings is 1. The molecule has 1 unspecified atom stereocenters. The fraction of sp³-hybridized carbons (Fsp3) is 0.591. The number of aromatic nitrogens is 5. The first-order valence-corrected chi connectivity index (χ1v) is 14.9. The number of fused-ring (bicyclic) bond motifs is 1. The third kappa shape index (κ3) is 4.99. The van der Waals surface area contributed by atoms with Gasteiger partial charge in [0.25, 0.3) is 0 Å². The Bertz CT molecular complexity index is 1020. The van der Waals surface area contributed by atoms with Gasteiger partial charge in [0.1, 0.15) is 12.5 Å². The highest BCUT2D eigenvalue weighted by atomic mass is 28.3. The van der Waals surface area contributed by atoms with Crippen molar-refractivity contribution in [1.29, 1.82) is 0 Å². The van der Waals surface area contributed by atoms with Crippen molar-refractivity contribution in [3.05, 3.63) is 30.1 Å². The van der Waals surface area contributed by atoms with Gasteiger partial charge in [0.2, 0.25) is 0 Å². The second-order valence-corrected chi connectivity index (χ2v) is 15.1. The van der Waals surface area contributed by atoms with Gasteiger partial charge in [-0.1, -0.05) is 26.6 Å². The number of aryl methyl sites for hydroxylation is 1. The van der Waals surface area contributed by atoms with Crippen molar-refractivity contribution in [3.63, 3.8) is 0 Å². The molecule has 9 heteroatoms. The lowest BCUT2D eigenvalue weighted by molar-refractivity contribution is 0.0785. The summed E-state index contributed by atoms with van der Waals surface area (Å²) < 4.78 is 15.1. The van der Waals surface area contributed by atoms with Crippen LogP contribution in [0.5, 0.6) is 0 Å². The van der Waals surface area contributed by atoms with Crippen LogP contribution in [0.25, 0.3) is 16.9 Å². The Morgan fingerprint density at radius 2 is 2.10 bits per heavy atom. The second-order valence-electron chi connectivity index (χ2n) is 9.47. The molecular formula is C22H34N6O2Si. The van der Waals surface area contributed by atoms with Gasteiger partial charge in [-0.05, 0) is 31.0 Å². The number of rotatable bonds is 8. The lowest BCUT2D eigenvalue weighted by atomic mass is 10.1. The lowest BCUT2D eigenvalue weighted by Crippen LogP contribution is -2.44. The van der Waals surface area contributed by atoms with Crippen LogP contribution in [0.3, 0.4) is 0 Å². The average molecular weight is 443 g/mol. The first-order chi connectivity index (χ1) is 14.9. The van der Waals surface area contributed by atoms with E-state index in [1.807, 2.05) is 27.8 Å². The molecule has 3 aromatic heterocycles. The summed E-state index contributed by atoms with van der Waals surface area (Å²) in [5.74, 6) is 1.74. The number of hydrogen-bond donors (Lipinski definition) is 0. The molecule has 0 N–H and O–H groups in total. The summed E-state index contributed by atoms with van der Waals surface area (Å²) in [6.45, 7) is 14.9. The molecular weight excluding hydrogens is 408 g/mol. The Hall–Kier alpha value is -2.23. The van der Waals surface area contributed by atoms with Gasteiger partial charge in [-0.3, -0.25) is 0 Å².